The van der Waals surface area contributed by atoms with Gasteiger partial charge in [-0.25, -0.2) is 0 Å². The molecule has 2 rings (SSSR count). The summed E-state index contributed by atoms with van der Waals surface area (Å²) in [6.45, 7) is 9.11. The van der Waals surface area contributed by atoms with Crippen LogP contribution in [0.15, 0.2) is 43.8 Å². The zero-order valence-corrected chi connectivity index (χ0v) is 16.0. The summed E-state index contributed by atoms with van der Waals surface area (Å²) in [5.41, 5.74) is 6.13. The van der Waals surface area contributed by atoms with Gasteiger partial charge in [-0.05, 0) is 0 Å². The molecule has 0 aromatic carbocycles. The van der Waals surface area contributed by atoms with Crippen molar-refractivity contribution in [1.82, 2.24) is 0 Å². The predicted molar refractivity (Wildman–Crippen MR) is 70.2 cm³/mol. The van der Waals surface area contributed by atoms with Crippen LogP contribution in [0.5, 0.6) is 0 Å². The number of allylic oxidation sites excluding steroid dienone is 8. The fraction of sp³-hybridized carbons (Fsp3) is 0.500. The molecule has 2 aliphatic carbocycles. The van der Waals surface area contributed by atoms with Crippen molar-refractivity contribution in [3.8, 4) is 0 Å². The third-order valence-electron chi connectivity index (χ3n) is 3.90. The van der Waals surface area contributed by atoms with Gasteiger partial charge in [0.05, 0.1) is 0 Å². The SMILES string of the molecule is CCC1C=C(C)C=C1C1=[C]([Zr+2])C(CC)C=C1C.[Cl-].[Cl-]. The molecule has 3 heteroatoms. The minimum absolute atomic E-state index is 0. The summed E-state index contributed by atoms with van der Waals surface area (Å²) in [4.78, 5) is 0. The molecule has 0 nitrogen and oxygen atoms in total. The van der Waals surface area contributed by atoms with E-state index in [-0.39, 0.29) is 24.8 Å². The summed E-state index contributed by atoms with van der Waals surface area (Å²) in [7, 11) is 0. The Labute approximate surface area is 145 Å². The van der Waals surface area contributed by atoms with Gasteiger partial charge in [-0.2, -0.15) is 0 Å². The summed E-state index contributed by atoms with van der Waals surface area (Å²) in [6, 6.07) is 0. The second-order valence-electron chi connectivity index (χ2n) is 5.18. The van der Waals surface area contributed by atoms with Gasteiger partial charge in [-0.15, -0.1) is 0 Å². The first kappa shape index (κ1) is 19.4. The predicted octanol–water partition coefficient (Wildman–Crippen LogP) is -1.31. The maximum Gasteiger partial charge on any atom is -1.00 e. The number of halogens is 2. The van der Waals surface area contributed by atoms with Gasteiger partial charge >= 0.3 is 121 Å². The minimum Gasteiger partial charge on any atom is -1.00 e. The van der Waals surface area contributed by atoms with Gasteiger partial charge in [-0.3, -0.25) is 0 Å². The van der Waals surface area contributed by atoms with E-state index in [1.165, 1.54) is 24.0 Å². The van der Waals surface area contributed by atoms with Gasteiger partial charge in [0, 0.05) is 0 Å². The average molecular weight is 375 g/mol. The second-order valence-corrected chi connectivity index (χ2v) is 6.50. The van der Waals surface area contributed by atoms with Gasteiger partial charge in [0.25, 0.3) is 0 Å². The van der Waals surface area contributed by atoms with E-state index in [0.29, 0.717) is 11.8 Å². The van der Waals surface area contributed by atoms with E-state index >= 15 is 0 Å². The Morgan fingerprint density at radius 2 is 1.58 bits per heavy atom. The molecule has 0 aromatic rings. The fourth-order valence-corrected chi connectivity index (χ4v) is 4.52. The molecule has 0 aliphatic heterocycles. The monoisotopic (exact) mass is 373 g/mol. The Morgan fingerprint density at radius 3 is 2.05 bits per heavy atom. The Hall–Kier alpha value is 0.423. The molecular weight excluding hydrogens is 354 g/mol. The molecular formula is C16H21Cl2Zr. The van der Waals surface area contributed by atoms with E-state index < -0.39 is 0 Å². The second kappa shape index (κ2) is 8.01. The van der Waals surface area contributed by atoms with Crippen LogP contribution in [0.2, 0.25) is 0 Å². The third-order valence-corrected chi connectivity index (χ3v) is 5.43. The van der Waals surface area contributed by atoms with Crippen LogP contribution in [0.3, 0.4) is 0 Å². The largest absolute Gasteiger partial charge is 1.00 e. The van der Waals surface area contributed by atoms with Crippen LogP contribution in [-0.4, -0.2) is 0 Å². The van der Waals surface area contributed by atoms with Gasteiger partial charge in [0.2, 0.25) is 0 Å². The Morgan fingerprint density at radius 1 is 1.00 bits per heavy atom. The normalized spacial score (nSPS) is 25.5. The fourth-order valence-electron chi connectivity index (χ4n) is 2.97. The average Bonchev–Trinajstić information content (AvgIpc) is 2.79. The Kier molecular flexibility index (Phi) is 8.19. The molecule has 2 aliphatic rings. The number of hydrogen-bond donors (Lipinski definition) is 0. The van der Waals surface area contributed by atoms with Crippen molar-refractivity contribution in [2.75, 3.05) is 0 Å². The zero-order chi connectivity index (χ0) is 12.6. The van der Waals surface area contributed by atoms with Crippen molar-refractivity contribution in [2.24, 2.45) is 11.8 Å². The topological polar surface area (TPSA) is 0 Å². The molecule has 0 aromatic heterocycles. The first-order valence-electron chi connectivity index (χ1n) is 6.63. The molecule has 103 valence electrons. The summed E-state index contributed by atoms with van der Waals surface area (Å²) in [5, 5.41) is 0. The molecule has 19 heavy (non-hydrogen) atoms. The van der Waals surface area contributed by atoms with Crippen LogP contribution in [-0.2, 0) is 24.7 Å². The van der Waals surface area contributed by atoms with Crippen LogP contribution in [0, 0.1) is 11.8 Å². The van der Waals surface area contributed by atoms with Crippen molar-refractivity contribution in [3.05, 3.63) is 43.8 Å². The minimum atomic E-state index is 0. The van der Waals surface area contributed by atoms with Crippen LogP contribution in [0.1, 0.15) is 40.5 Å². The van der Waals surface area contributed by atoms with E-state index in [0.717, 1.165) is 0 Å². The summed E-state index contributed by atoms with van der Waals surface area (Å²) in [5.74, 6) is 1.36. The number of hydrogen-bond acceptors (Lipinski definition) is 0. The summed E-state index contributed by atoms with van der Waals surface area (Å²) >= 11 is 1.59. The van der Waals surface area contributed by atoms with Crippen molar-refractivity contribution in [3.63, 3.8) is 0 Å². The van der Waals surface area contributed by atoms with Crippen LogP contribution >= 0.6 is 0 Å². The molecule has 0 N–H and O–H groups in total. The van der Waals surface area contributed by atoms with Gasteiger partial charge in [-0.1, -0.05) is 0 Å². The molecule has 0 spiro atoms. The first-order chi connectivity index (χ1) is 8.08. The molecule has 0 bridgehead atoms. The maximum atomic E-state index is 2.47. The first-order valence-corrected chi connectivity index (χ1v) is 7.86. The van der Waals surface area contributed by atoms with Crippen LogP contribution in [0.25, 0.3) is 0 Å². The van der Waals surface area contributed by atoms with E-state index in [1.54, 1.807) is 39.1 Å². The Bertz CT molecular complexity index is 455. The van der Waals surface area contributed by atoms with E-state index in [1.807, 2.05) is 0 Å². The quantitative estimate of drug-likeness (QED) is 0.575. The van der Waals surface area contributed by atoms with Gasteiger partial charge in [0.15, 0.2) is 0 Å². The molecule has 2 unspecified atom stereocenters. The smallest absolute Gasteiger partial charge is 1.00 e. The maximum absolute atomic E-state index is 2.47. The summed E-state index contributed by atoms with van der Waals surface area (Å²) in [6.07, 6.45) is 9.78. The molecule has 2 atom stereocenters. The standard InChI is InChI=1S/C16H21.2ClH.Zr/c1-5-13-9-12(4)15(10-13)16-8-11(3)7-14(16)6-2;;;/h7-9,13-14H,5-6H2,1-4H3;2*1H;/q;;;+2/p-2. The van der Waals surface area contributed by atoms with E-state index in [4.69, 9.17) is 0 Å². The van der Waals surface area contributed by atoms with Crippen molar-refractivity contribution in [2.45, 2.75) is 40.5 Å². The molecule has 0 radical (unpaired) electrons. The van der Waals surface area contributed by atoms with Crippen molar-refractivity contribution >= 4 is 0 Å². The van der Waals surface area contributed by atoms with E-state index in [2.05, 4.69) is 45.9 Å². The number of rotatable bonds is 3. The Balaban J connectivity index is 0.00000162. The van der Waals surface area contributed by atoms with Crippen molar-refractivity contribution < 1.29 is 49.5 Å². The summed E-state index contributed by atoms with van der Waals surface area (Å²) < 4.78 is 1.67. The molecule has 0 saturated heterocycles. The van der Waals surface area contributed by atoms with Crippen molar-refractivity contribution in [1.29, 1.82) is 0 Å². The van der Waals surface area contributed by atoms with E-state index in [9.17, 15) is 0 Å². The van der Waals surface area contributed by atoms with Crippen LogP contribution < -0.4 is 24.8 Å². The van der Waals surface area contributed by atoms with Gasteiger partial charge in [0.1, 0.15) is 0 Å². The molecule has 0 amide bonds. The zero-order valence-electron chi connectivity index (χ0n) is 12.1. The molecule has 0 saturated carbocycles. The van der Waals surface area contributed by atoms with Gasteiger partial charge < -0.3 is 24.8 Å². The molecule has 0 heterocycles. The molecule has 0 fully saturated rings. The third kappa shape index (κ3) is 3.75. The van der Waals surface area contributed by atoms with Crippen LogP contribution in [0.4, 0.5) is 0 Å².